The highest BCUT2D eigenvalue weighted by atomic mass is 32.1. The highest BCUT2D eigenvalue weighted by molar-refractivity contribution is 7.11. The van der Waals surface area contributed by atoms with Crippen molar-refractivity contribution in [3.8, 4) is 0 Å². The monoisotopic (exact) mass is 265 g/mol. The Kier molecular flexibility index (Phi) is 3.61. The maximum Gasteiger partial charge on any atom is 0.280 e. The van der Waals surface area contributed by atoms with Gasteiger partial charge in [-0.15, -0.1) is 11.3 Å². The molecule has 0 spiro atoms. The van der Waals surface area contributed by atoms with Gasteiger partial charge in [0.15, 0.2) is 5.01 Å². The molecule has 0 radical (unpaired) electrons. The summed E-state index contributed by atoms with van der Waals surface area (Å²) in [7, 11) is 0. The number of amides is 1. The molecule has 98 valence electrons. The SMILES string of the molecule is O=C(NC1CCN(C2CCCC2)C1)c1nccs1. The number of nitrogens with one attached hydrogen (secondary N) is 1. The number of aromatic nitrogens is 1. The van der Waals surface area contributed by atoms with Crippen LogP contribution in [0.25, 0.3) is 0 Å². The van der Waals surface area contributed by atoms with Gasteiger partial charge in [-0.1, -0.05) is 12.8 Å². The third-order valence-corrected chi connectivity index (χ3v) is 4.79. The number of hydrogen-bond donors (Lipinski definition) is 1. The second-order valence-corrected chi connectivity index (χ2v) is 6.12. The van der Waals surface area contributed by atoms with Crippen molar-refractivity contribution in [2.45, 2.75) is 44.2 Å². The molecule has 1 aliphatic carbocycles. The van der Waals surface area contributed by atoms with Gasteiger partial charge in [0.2, 0.25) is 0 Å². The van der Waals surface area contributed by atoms with E-state index < -0.39 is 0 Å². The molecule has 2 aliphatic rings. The Morgan fingerprint density at radius 2 is 2.22 bits per heavy atom. The van der Waals surface area contributed by atoms with E-state index in [9.17, 15) is 4.79 Å². The van der Waals surface area contributed by atoms with Crippen LogP contribution >= 0.6 is 11.3 Å². The maximum absolute atomic E-state index is 11.9. The fraction of sp³-hybridized carbons (Fsp3) is 0.692. The van der Waals surface area contributed by atoms with Crippen LogP contribution in [0.5, 0.6) is 0 Å². The highest BCUT2D eigenvalue weighted by Gasteiger charge is 2.30. The summed E-state index contributed by atoms with van der Waals surface area (Å²) in [6, 6.07) is 1.08. The molecule has 1 saturated heterocycles. The Labute approximate surface area is 111 Å². The molecule has 5 heteroatoms. The van der Waals surface area contributed by atoms with E-state index in [4.69, 9.17) is 0 Å². The zero-order valence-electron chi connectivity index (χ0n) is 10.5. The Balaban J connectivity index is 1.51. The molecule has 1 aliphatic heterocycles. The van der Waals surface area contributed by atoms with Crippen LogP contribution in [0.2, 0.25) is 0 Å². The molecule has 1 unspecified atom stereocenters. The molecule has 3 rings (SSSR count). The van der Waals surface area contributed by atoms with Crippen LogP contribution in [0.4, 0.5) is 0 Å². The van der Waals surface area contributed by atoms with Crippen LogP contribution in [0.3, 0.4) is 0 Å². The minimum Gasteiger partial charge on any atom is -0.346 e. The van der Waals surface area contributed by atoms with E-state index >= 15 is 0 Å². The van der Waals surface area contributed by atoms with E-state index in [1.165, 1.54) is 37.0 Å². The predicted octanol–water partition coefficient (Wildman–Crippen LogP) is 1.89. The van der Waals surface area contributed by atoms with Gasteiger partial charge in [0.1, 0.15) is 0 Å². The number of nitrogens with zero attached hydrogens (tertiary/aromatic N) is 2. The van der Waals surface area contributed by atoms with Crippen LogP contribution in [0, 0.1) is 0 Å². The van der Waals surface area contributed by atoms with E-state index in [1.807, 2.05) is 5.38 Å². The van der Waals surface area contributed by atoms with Gasteiger partial charge < -0.3 is 5.32 Å². The van der Waals surface area contributed by atoms with Crippen molar-refractivity contribution in [3.05, 3.63) is 16.6 Å². The molecule has 1 N–H and O–H groups in total. The third kappa shape index (κ3) is 2.57. The van der Waals surface area contributed by atoms with E-state index in [0.29, 0.717) is 11.0 Å². The van der Waals surface area contributed by atoms with Crippen LogP contribution in [0.1, 0.15) is 41.9 Å². The molecule has 1 aromatic heterocycles. The summed E-state index contributed by atoms with van der Waals surface area (Å²) in [5.74, 6) is -0.0109. The van der Waals surface area contributed by atoms with Crippen molar-refractivity contribution in [2.75, 3.05) is 13.1 Å². The lowest BCUT2D eigenvalue weighted by Crippen LogP contribution is -2.39. The predicted molar refractivity (Wildman–Crippen MR) is 71.8 cm³/mol. The Bertz CT molecular complexity index is 400. The van der Waals surface area contributed by atoms with Crippen molar-refractivity contribution >= 4 is 17.2 Å². The minimum atomic E-state index is -0.0109. The topological polar surface area (TPSA) is 45.2 Å². The summed E-state index contributed by atoms with van der Waals surface area (Å²) in [5, 5.41) is 5.52. The van der Waals surface area contributed by atoms with Crippen LogP contribution < -0.4 is 5.32 Å². The number of carbonyl (C=O) groups is 1. The molecule has 1 atom stereocenters. The third-order valence-electron chi connectivity index (χ3n) is 4.02. The molecular weight excluding hydrogens is 246 g/mol. The zero-order valence-corrected chi connectivity index (χ0v) is 11.3. The van der Waals surface area contributed by atoms with Gasteiger partial charge in [-0.2, -0.15) is 0 Å². The first kappa shape index (κ1) is 12.1. The average molecular weight is 265 g/mol. The van der Waals surface area contributed by atoms with Gasteiger partial charge in [0.25, 0.3) is 5.91 Å². The molecule has 4 nitrogen and oxygen atoms in total. The Morgan fingerprint density at radius 1 is 1.39 bits per heavy atom. The smallest absolute Gasteiger partial charge is 0.280 e. The van der Waals surface area contributed by atoms with Crippen molar-refractivity contribution in [3.63, 3.8) is 0 Å². The van der Waals surface area contributed by atoms with E-state index in [2.05, 4.69) is 15.2 Å². The second kappa shape index (κ2) is 5.36. The largest absolute Gasteiger partial charge is 0.346 e. The van der Waals surface area contributed by atoms with E-state index in [0.717, 1.165) is 25.6 Å². The summed E-state index contributed by atoms with van der Waals surface area (Å²) in [6.07, 6.45) is 8.18. The standard InChI is InChI=1S/C13H19N3OS/c17-12(13-14-6-8-18-13)15-10-5-7-16(9-10)11-3-1-2-4-11/h6,8,10-11H,1-5,7,9H2,(H,15,17). The van der Waals surface area contributed by atoms with Crippen molar-refractivity contribution in [1.29, 1.82) is 0 Å². The van der Waals surface area contributed by atoms with Crippen LogP contribution in [0.15, 0.2) is 11.6 Å². The summed E-state index contributed by atoms with van der Waals surface area (Å²) in [4.78, 5) is 18.5. The summed E-state index contributed by atoms with van der Waals surface area (Å²) in [5.41, 5.74) is 0. The van der Waals surface area contributed by atoms with Gasteiger partial charge in [0, 0.05) is 36.8 Å². The van der Waals surface area contributed by atoms with Gasteiger partial charge in [-0.25, -0.2) is 4.98 Å². The molecule has 1 aromatic rings. The molecule has 2 heterocycles. The number of rotatable bonds is 3. The van der Waals surface area contributed by atoms with Crippen molar-refractivity contribution < 1.29 is 4.79 Å². The van der Waals surface area contributed by atoms with E-state index in [-0.39, 0.29) is 5.91 Å². The molecule has 18 heavy (non-hydrogen) atoms. The first-order valence-corrected chi connectivity index (χ1v) is 7.65. The van der Waals surface area contributed by atoms with Crippen molar-refractivity contribution in [2.24, 2.45) is 0 Å². The van der Waals surface area contributed by atoms with Gasteiger partial charge in [-0.3, -0.25) is 9.69 Å². The van der Waals surface area contributed by atoms with Crippen LogP contribution in [-0.4, -0.2) is 41.0 Å². The normalized spacial score (nSPS) is 25.7. The van der Waals surface area contributed by atoms with Gasteiger partial charge in [0.05, 0.1) is 0 Å². The number of thiazole rings is 1. The van der Waals surface area contributed by atoms with E-state index in [1.54, 1.807) is 6.20 Å². The zero-order chi connectivity index (χ0) is 12.4. The second-order valence-electron chi connectivity index (χ2n) is 5.23. The molecule has 1 amide bonds. The molecule has 1 saturated carbocycles. The Hall–Kier alpha value is -0.940. The maximum atomic E-state index is 11.9. The van der Waals surface area contributed by atoms with Gasteiger partial charge in [-0.05, 0) is 19.3 Å². The van der Waals surface area contributed by atoms with Gasteiger partial charge >= 0.3 is 0 Å². The lowest BCUT2D eigenvalue weighted by Gasteiger charge is -2.23. The Morgan fingerprint density at radius 3 is 2.94 bits per heavy atom. The summed E-state index contributed by atoms with van der Waals surface area (Å²) in [6.45, 7) is 2.15. The fourth-order valence-electron chi connectivity index (χ4n) is 3.09. The fourth-order valence-corrected chi connectivity index (χ4v) is 3.63. The first-order valence-electron chi connectivity index (χ1n) is 6.77. The molecular formula is C13H19N3OS. The van der Waals surface area contributed by atoms with Crippen molar-refractivity contribution in [1.82, 2.24) is 15.2 Å². The quantitative estimate of drug-likeness (QED) is 0.907. The summed E-state index contributed by atoms with van der Waals surface area (Å²) < 4.78 is 0. The first-order chi connectivity index (χ1) is 8.83. The minimum absolute atomic E-state index is 0.0109. The number of hydrogen-bond acceptors (Lipinski definition) is 4. The lowest BCUT2D eigenvalue weighted by molar-refractivity contribution is 0.0936. The molecule has 0 aromatic carbocycles. The lowest BCUT2D eigenvalue weighted by atomic mass is 10.2. The number of carbonyl (C=O) groups excluding carboxylic acids is 1. The molecule has 0 bridgehead atoms. The summed E-state index contributed by atoms with van der Waals surface area (Å²) >= 11 is 1.40. The average Bonchev–Trinajstić information content (AvgIpc) is 3.12. The molecule has 2 fully saturated rings. The van der Waals surface area contributed by atoms with Crippen LogP contribution in [-0.2, 0) is 0 Å². The highest BCUT2D eigenvalue weighted by Crippen LogP contribution is 2.26. The number of likely N-dealkylation sites (tertiary alicyclic amines) is 1.